The van der Waals surface area contributed by atoms with Gasteiger partial charge < -0.3 is 15.0 Å². The predicted molar refractivity (Wildman–Crippen MR) is 97.6 cm³/mol. The Labute approximate surface area is 142 Å². The molecule has 0 aliphatic rings. The van der Waals surface area contributed by atoms with Crippen LogP contribution in [0.3, 0.4) is 0 Å². The molecule has 0 saturated carbocycles. The van der Waals surface area contributed by atoms with Gasteiger partial charge in [-0.05, 0) is 18.2 Å². The predicted octanol–water partition coefficient (Wildman–Crippen LogP) is 4.27. The third-order valence-corrected chi connectivity index (χ3v) is 4.44. The zero-order chi connectivity index (χ0) is 16.8. The largest absolute Gasteiger partial charge is 0.360 e. The van der Waals surface area contributed by atoms with Crippen molar-refractivity contribution in [2.75, 3.05) is 0 Å². The van der Waals surface area contributed by atoms with Gasteiger partial charge >= 0.3 is 0 Å². The first-order valence-electron chi connectivity index (χ1n) is 8.03. The summed E-state index contributed by atoms with van der Waals surface area (Å²) in [6, 6.07) is 17.7. The molecule has 0 aliphatic heterocycles. The molecule has 3 heterocycles. The maximum absolute atomic E-state index is 12.7. The summed E-state index contributed by atoms with van der Waals surface area (Å²) in [6.45, 7) is 0. The van der Waals surface area contributed by atoms with Gasteiger partial charge in [0.2, 0.25) is 5.78 Å². The number of aromatic amines is 3. The van der Waals surface area contributed by atoms with Crippen molar-refractivity contribution < 1.29 is 4.79 Å². The average molecular weight is 326 g/mol. The van der Waals surface area contributed by atoms with Gasteiger partial charge in [0, 0.05) is 33.6 Å². The van der Waals surface area contributed by atoms with Crippen molar-refractivity contribution in [2.24, 2.45) is 0 Å². The molecule has 3 N–H and O–H groups in total. The SMILES string of the molecule is O=C(c1cc2ccccc2[nH]1)c1ncc(-c2c[nH]c3ccccc23)[nH]1. The van der Waals surface area contributed by atoms with Crippen LogP contribution in [0.5, 0.6) is 0 Å². The zero-order valence-corrected chi connectivity index (χ0v) is 13.2. The molecule has 25 heavy (non-hydrogen) atoms. The molecule has 0 amide bonds. The third-order valence-electron chi connectivity index (χ3n) is 4.44. The van der Waals surface area contributed by atoms with Crippen LogP contribution in [0.1, 0.15) is 16.3 Å². The van der Waals surface area contributed by atoms with Gasteiger partial charge in [-0.15, -0.1) is 0 Å². The number of imidazole rings is 1. The molecule has 3 aromatic heterocycles. The van der Waals surface area contributed by atoms with E-state index in [1.54, 1.807) is 6.20 Å². The monoisotopic (exact) mass is 326 g/mol. The van der Waals surface area contributed by atoms with E-state index >= 15 is 0 Å². The van der Waals surface area contributed by atoms with Crippen molar-refractivity contribution in [2.45, 2.75) is 0 Å². The first-order valence-corrected chi connectivity index (χ1v) is 8.03. The minimum Gasteiger partial charge on any atom is -0.360 e. The Bertz CT molecular complexity index is 1190. The fourth-order valence-corrected chi connectivity index (χ4v) is 3.19. The van der Waals surface area contributed by atoms with E-state index in [0.717, 1.165) is 33.1 Å². The first kappa shape index (κ1) is 13.8. The van der Waals surface area contributed by atoms with Crippen molar-refractivity contribution in [1.29, 1.82) is 0 Å². The summed E-state index contributed by atoms with van der Waals surface area (Å²) in [5.74, 6) is 0.175. The van der Waals surface area contributed by atoms with E-state index in [9.17, 15) is 4.79 Å². The van der Waals surface area contributed by atoms with E-state index in [0.29, 0.717) is 11.5 Å². The summed E-state index contributed by atoms with van der Waals surface area (Å²) in [6.07, 6.45) is 3.63. The summed E-state index contributed by atoms with van der Waals surface area (Å²) in [4.78, 5) is 26.6. The van der Waals surface area contributed by atoms with Gasteiger partial charge in [0.05, 0.1) is 17.6 Å². The minimum atomic E-state index is -0.151. The lowest BCUT2D eigenvalue weighted by Gasteiger charge is -1.95. The van der Waals surface area contributed by atoms with Crippen LogP contribution in [0.15, 0.2) is 67.0 Å². The highest BCUT2D eigenvalue weighted by atomic mass is 16.1. The minimum absolute atomic E-state index is 0.151. The van der Waals surface area contributed by atoms with Crippen molar-refractivity contribution in [3.05, 3.63) is 78.5 Å². The number of para-hydroxylation sites is 2. The van der Waals surface area contributed by atoms with Crippen LogP contribution in [0.25, 0.3) is 33.1 Å². The highest BCUT2D eigenvalue weighted by Crippen LogP contribution is 2.27. The Morgan fingerprint density at radius 1 is 0.920 bits per heavy atom. The number of H-pyrrole nitrogens is 3. The standard InChI is InChI=1S/C20H14N4O/c25-19(17-9-12-5-1-3-7-15(12)23-17)20-22-11-18(24-20)14-10-21-16-8-4-2-6-13(14)16/h1-11,21,23H,(H,22,24). The van der Waals surface area contributed by atoms with Crippen molar-refractivity contribution in [3.8, 4) is 11.3 Å². The molecule has 5 rings (SSSR count). The van der Waals surface area contributed by atoms with Gasteiger partial charge in [0.25, 0.3) is 0 Å². The van der Waals surface area contributed by atoms with Crippen LogP contribution in [-0.4, -0.2) is 25.7 Å². The van der Waals surface area contributed by atoms with Crippen LogP contribution >= 0.6 is 0 Å². The molecule has 0 radical (unpaired) electrons. The fraction of sp³-hybridized carbons (Fsp3) is 0. The topological polar surface area (TPSA) is 77.3 Å². The number of fused-ring (bicyclic) bond motifs is 2. The Morgan fingerprint density at radius 3 is 2.60 bits per heavy atom. The Kier molecular flexibility index (Phi) is 2.87. The normalized spacial score (nSPS) is 11.4. The molecule has 120 valence electrons. The quantitative estimate of drug-likeness (QED) is 0.433. The number of benzene rings is 2. The second kappa shape index (κ2) is 5.21. The molecule has 0 bridgehead atoms. The molecule has 5 nitrogen and oxygen atoms in total. The number of nitrogens with one attached hydrogen (secondary N) is 3. The Balaban J connectivity index is 1.54. The molecule has 0 spiro atoms. The summed E-state index contributed by atoms with van der Waals surface area (Å²) in [5, 5.41) is 2.10. The number of ketones is 1. The number of aromatic nitrogens is 4. The van der Waals surface area contributed by atoms with Gasteiger partial charge in [-0.25, -0.2) is 4.98 Å². The maximum atomic E-state index is 12.7. The zero-order valence-electron chi connectivity index (χ0n) is 13.2. The number of hydrogen-bond acceptors (Lipinski definition) is 2. The second-order valence-corrected chi connectivity index (χ2v) is 5.99. The van der Waals surface area contributed by atoms with E-state index < -0.39 is 0 Å². The first-order chi connectivity index (χ1) is 12.3. The van der Waals surface area contributed by atoms with Gasteiger partial charge in [-0.1, -0.05) is 36.4 Å². The average Bonchev–Trinajstić information content (AvgIpc) is 3.37. The fourth-order valence-electron chi connectivity index (χ4n) is 3.19. The van der Waals surface area contributed by atoms with Crippen molar-refractivity contribution in [3.63, 3.8) is 0 Å². The second-order valence-electron chi connectivity index (χ2n) is 5.99. The number of hydrogen-bond donors (Lipinski definition) is 3. The number of carbonyl (C=O) groups is 1. The maximum Gasteiger partial charge on any atom is 0.244 e. The summed E-state index contributed by atoms with van der Waals surface area (Å²) >= 11 is 0. The van der Waals surface area contributed by atoms with Gasteiger partial charge in [-0.3, -0.25) is 4.79 Å². The summed E-state index contributed by atoms with van der Waals surface area (Å²) in [5.41, 5.74) is 4.33. The molecular weight excluding hydrogens is 312 g/mol. The highest BCUT2D eigenvalue weighted by molar-refractivity contribution is 6.08. The Morgan fingerprint density at radius 2 is 1.72 bits per heavy atom. The lowest BCUT2D eigenvalue weighted by Crippen LogP contribution is -2.03. The third kappa shape index (κ3) is 2.17. The molecule has 0 fully saturated rings. The van der Waals surface area contributed by atoms with Crippen LogP contribution in [-0.2, 0) is 0 Å². The number of nitrogens with zero attached hydrogens (tertiary/aromatic N) is 1. The molecule has 0 aliphatic carbocycles. The summed E-state index contributed by atoms with van der Waals surface area (Å²) < 4.78 is 0. The molecule has 0 saturated heterocycles. The Hall–Kier alpha value is -3.60. The molecule has 5 aromatic rings. The lowest BCUT2D eigenvalue weighted by molar-refractivity contribution is 0.102. The number of rotatable bonds is 3. The van der Waals surface area contributed by atoms with E-state index in [1.165, 1.54) is 0 Å². The smallest absolute Gasteiger partial charge is 0.244 e. The molecule has 5 heteroatoms. The lowest BCUT2D eigenvalue weighted by atomic mass is 10.1. The van der Waals surface area contributed by atoms with Crippen LogP contribution < -0.4 is 0 Å². The molecular formula is C20H14N4O. The molecule has 0 unspecified atom stereocenters. The van der Waals surface area contributed by atoms with Crippen molar-refractivity contribution in [1.82, 2.24) is 19.9 Å². The van der Waals surface area contributed by atoms with Crippen LogP contribution in [0.2, 0.25) is 0 Å². The van der Waals surface area contributed by atoms with E-state index in [1.807, 2.05) is 60.8 Å². The van der Waals surface area contributed by atoms with Crippen molar-refractivity contribution >= 4 is 27.6 Å². The highest BCUT2D eigenvalue weighted by Gasteiger charge is 2.17. The molecule has 0 atom stereocenters. The van der Waals surface area contributed by atoms with Crippen LogP contribution in [0, 0.1) is 0 Å². The van der Waals surface area contributed by atoms with E-state index in [2.05, 4.69) is 19.9 Å². The molecule has 2 aromatic carbocycles. The summed E-state index contributed by atoms with van der Waals surface area (Å²) in [7, 11) is 0. The van der Waals surface area contributed by atoms with Gasteiger partial charge in [0.1, 0.15) is 0 Å². The van der Waals surface area contributed by atoms with Gasteiger partial charge in [0.15, 0.2) is 5.82 Å². The van der Waals surface area contributed by atoms with Gasteiger partial charge in [-0.2, -0.15) is 0 Å². The van der Waals surface area contributed by atoms with Crippen LogP contribution in [0.4, 0.5) is 0 Å². The number of carbonyl (C=O) groups excluding carboxylic acids is 1. The van der Waals surface area contributed by atoms with E-state index in [-0.39, 0.29) is 5.78 Å². The van der Waals surface area contributed by atoms with E-state index in [4.69, 9.17) is 0 Å².